The zero-order valence-electron chi connectivity index (χ0n) is 12.0. The molecule has 0 radical (unpaired) electrons. The van der Waals surface area contributed by atoms with Gasteiger partial charge in [-0.25, -0.2) is 12.7 Å². The summed E-state index contributed by atoms with van der Waals surface area (Å²) >= 11 is 7.66. The van der Waals surface area contributed by atoms with Crippen LogP contribution in [0.15, 0.2) is 23.1 Å². The summed E-state index contributed by atoms with van der Waals surface area (Å²) < 4.78 is 26.1. The van der Waals surface area contributed by atoms with Crippen LogP contribution >= 0.6 is 23.4 Å². The zero-order valence-corrected chi connectivity index (χ0v) is 14.4. The summed E-state index contributed by atoms with van der Waals surface area (Å²) in [6.45, 7) is 0.422. The van der Waals surface area contributed by atoms with E-state index >= 15 is 0 Å². The van der Waals surface area contributed by atoms with Crippen LogP contribution in [0.1, 0.15) is 12.0 Å². The number of aliphatic hydroxyl groups is 1. The van der Waals surface area contributed by atoms with Crippen LogP contribution in [0.2, 0.25) is 5.02 Å². The van der Waals surface area contributed by atoms with Crippen LogP contribution in [0, 0.1) is 11.8 Å². The Labute approximate surface area is 135 Å². The predicted octanol–water partition coefficient (Wildman–Crippen LogP) is 2.06. The van der Waals surface area contributed by atoms with Crippen molar-refractivity contribution in [2.75, 3.05) is 32.2 Å². The van der Waals surface area contributed by atoms with Crippen LogP contribution in [0.5, 0.6) is 0 Å². The lowest BCUT2D eigenvalue weighted by atomic mass is 10.2. The number of sulfonamides is 1. The minimum atomic E-state index is -3.58. The zero-order chi connectivity index (χ0) is 15.9. The number of benzene rings is 1. The molecule has 0 amide bonds. The monoisotopic (exact) mass is 347 g/mol. The van der Waals surface area contributed by atoms with E-state index in [9.17, 15) is 8.42 Å². The summed E-state index contributed by atoms with van der Waals surface area (Å²) in [6.07, 6.45) is 2.29. The number of thioether (sulfide) groups is 1. The van der Waals surface area contributed by atoms with E-state index in [0.29, 0.717) is 18.5 Å². The van der Waals surface area contributed by atoms with Crippen molar-refractivity contribution < 1.29 is 13.5 Å². The average molecular weight is 348 g/mol. The van der Waals surface area contributed by atoms with E-state index in [1.54, 1.807) is 17.8 Å². The van der Waals surface area contributed by atoms with Gasteiger partial charge < -0.3 is 5.11 Å². The topological polar surface area (TPSA) is 57.6 Å². The summed E-state index contributed by atoms with van der Waals surface area (Å²) in [5, 5.41) is 8.82. The molecule has 0 spiro atoms. The molecule has 1 N–H and O–H groups in total. The van der Waals surface area contributed by atoms with Gasteiger partial charge in [0, 0.05) is 31.3 Å². The Morgan fingerprint density at radius 3 is 2.71 bits per heavy atom. The van der Waals surface area contributed by atoms with Gasteiger partial charge >= 0.3 is 0 Å². The standard InChI is InChI=1S/C14H18ClNO3S2/c1-16(8-10-20-2)21(18,19)14-7-6-12(11-13(14)15)5-3-4-9-17/h6-7,11,17H,4,8-10H2,1-2H3. The van der Waals surface area contributed by atoms with E-state index < -0.39 is 10.0 Å². The van der Waals surface area contributed by atoms with Gasteiger partial charge in [-0.15, -0.1) is 0 Å². The van der Waals surface area contributed by atoms with Gasteiger partial charge in [0.05, 0.1) is 11.6 Å². The Kier molecular flexibility index (Phi) is 7.57. The second-order valence-electron chi connectivity index (χ2n) is 4.24. The summed E-state index contributed by atoms with van der Waals surface area (Å²) in [5.74, 6) is 6.31. The maximum absolute atomic E-state index is 12.4. The number of nitrogens with zero attached hydrogens (tertiary/aromatic N) is 1. The molecule has 0 aliphatic carbocycles. The van der Waals surface area contributed by atoms with Gasteiger partial charge in [0.2, 0.25) is 10.0 Å². The lowest BCUT2D eigenvalue weighted by Gasteiger charge is -2.17. The van der Waals surface area contributed by atoms with Crippen molar-refractivity contribution in [2.45, 2.75) is 11.3 Å². The molecule has 7 heteroatoms. The maximum Gasteiger partial charge on any atom is 0.244 e. The van der Waals surface area contributed by atoms with Crippen LogP contribution in [0.3, 0.4) is 0 Å². The highest BCUT2D eigenvalue weighted by molar-refractivity contribution is 7.98. The second kappa shape index (κ2) is 8.66. The maximum atomic E-state index is 12.4. The minimum absolute atomic E-state index is 0.00652. The van der Waals surface area contributed by atoms with E-state index in [1.165, 1.54) is 23.5 Å². The molecule has 0 heterocycles. The van der Waals surface area contributed by atoms with Crippen LogP contribution in [-0.2, 0) is 10.0 Å². The summed E-state index contributed by atoms with van der Waals surface area (Å²) in [4.78, 5) is 0.0838. The number of halogens is 1. The molecule has 0 aliphatic heterocycles. The van der Waals surface area contributed by atoms with Crippen molar-refractivity contribution in [3.8, 4) is 11.8 Å². The summed E-state index contributed by atoms with van der Waals surface area (Å²) in [7, 11) is -2.05. The molecular weight excluding hydrogens is 330 g/mol. The third kappa shape index (κ3) is 5.20. The lowest BCUT2D eigenvalue weighted by molar-refractivity contribution is 0.305. The van der Waals surface area contributed by atoms with Crippen LogP contribution in [0.25, 0.3) is 0 Å². The average Bonchev–Trinajstić information content (AvgIpc) is 2.44. The highest BCUT2D eigenvalue weighted by Gasteiger charge is 2.23. The fraction of sp³-hybridized carbons (Fsp3) is 0.429. The first kappa shape index (κ1) is 18.3. The van der Waals surface area contributed by atoms with Gasteiger partial charge in [0.25, 0.3) is 0 Å². The van der Waals surface area contributed by atoms with Crippen molar-refractivity contribution in [3.05, 3.63) is 28.8 Å². The molecule has 0 saturated heterocycles. The summed E-state index contributed by atoms with van der Waals surface area (Å²) in [5.41, 5.74) is 0.624. The lowest BCUT2D eigenvalue weighted by Crippen LogP contribution is -2.29. The second-order valence-corrected chi connectivity index (χ2v) is 7.65. The molecule has 0 saturated carbocycles. The molecule has 1 aromatic rings. The Balaban J connectivity index is 3.02. The van der Waals surface area contributed by atoms with E-state index in [1.807, 2.05) is 6.26 Å². The van der Waals surface area contributed by atoms with Gasteiger partial charge in [-0.1, -0.05) is 23.4 Å². The predicted molar refractivity (Wildman–Crippen MR) is 88.2 cm³/mol. The molecule has 0 fully saturated rings. The third-order valence-corrected chi connectivity index (χ3v) is 5.63. The first-order chi connectivity index (χ1) is 9.93. The molecule has 21 heavy (non-hydrogen) atoms. The normalized spacial score (nSPS) is 11.3. The minimum Gasteiger partial charge on any atom is -0.395 e. The largest absolute Gasteiger partial charge is 0.395 e. The van der Waals surface area contributed by atoms with Crippen molar-refractivity contribution >= 4 is 33.4 Å². The van der Waals surface area contributed by atoms with Crippen LogP contribution in [-0.4, -0.2) is 50.0 Å². The fourth-order valence-electron chi connectivity index (χ4n) is 1.52. The van der Waals surface area contributed by atoms with E-state index in [-0.39, 0.29) is 16.5 Å². The fourth-order valence-corrected chi connectivity index (χ4v) is 3.77. The molecule has 1 aromatic carbocycles. The van der Waals surface area contributed by atoms with Gasteiger partial charge in [-0.3, -0.25) is 0 Å². The first-order valence-electron chi connectivity index (χ1n) is 6.28. The van der Waals surface area contributed by atoms with Gasteiger partial charge in [-0.05, 0) is 24.5 Å². The molecule has 0 atom stereocenters. The third-order valence-electron chi connectivity index (χ3n) is 2.70. The van der Waals surface area contributed by atoms with E-state index in [4.69, 9.17) is 16.7 Å². The van der Waals surface area contributed by atoms with Crippen molar-refractivity contribution in [1.82, 2.24) is 4.31 Å². The highest BCUT2D eigenvalue weighted by Crippen LogP contribution is 2.25. The van der Waals surface area contributed by atoms with Crippen LogP contribution in [0.4, 0.5) is 0 Å². The molecule has 116 valence electrons. The molecular formula is C14H18ClNO3S2. The number of aliphatic hydroxyl groups excluding tert-OH is 1. The smallest absolute Gasteiger partial charge is 0.244 e. The van der Waals surface area contributed by atoms with Gasteiger partial charge in [0.15, 0.2) is 0 Å². The van der Waals surface area contributed by atoms with Crippen molar-refractivity contribution in [1.29, 1.82) is 0 Å². The SMILES string of the molecule is CSCCN(C)S(=O)(=O)c1ccc(C#CCCO)cc1Cl. The number of rotatable bonds is 6. The summed E-state index contributed by atoms with van der Waals surface area (Å²) in [6, 6.07) is 4.61. The Bertz CT molecular complexity index is 635. The Morgan fingerprint density at radius 1 is 1.43 bits per heavy atom. The van der Waals surface area contributed by atoms with Gasteiger partial charge in [0.1, 0.15) is 4.90 Å². The number of hydrogen-bond donors (Lipinski definition) is 1. The highest BCUT2D eigenvalue weighted by atomic mass is 35.5. The molecule has 0 bridgehead atoms. The molecule has 0 unspecified atom stereocenters. The van der Waals surface area contributed by atoms with E-state index in [0.717, 1.165) is 5.75 Å². The molecule has 0 aliphatic rings. The van der Waals surface area contributed by atoms with Gasteiger partial charge in [-0.2, -0.15) is 11.8 Å². The van der Waals surface area contributed by atoms with Crippen LogP contribution < -0.4 is 0 Å². The van der Waals surface area contributed by atoms with Crippen molar-refractivity contribution in [3.63, 3.8) is 0 Å². The molecule has 0 aromatic heterocycles. The number of hydrogen-bond acceptors (Lipinski definition) is 4. The molecule has 4 nitrogen and oxygen atoms in total. The quantitative estimate of drug-likeness (QED) is 0.800. The van der Waals surface area contributed by atoms with E-state index in [2.05, 4.69) is 11.8 Å². The van der Waals surface area contributed by atoms with Crippen molar-refractivity contribution in [2.24, 2.45) is 0 Å². The molecule has 1 rings (SSSR count). The Hall–Kier alpha value is -0.710. The first-order valence-corrected chi connectivity index (χ1v) is 9.49. The Morgan fingerprint density at radius 2 is 2.14 bits per heavy atom.